The molecule has 3 rings (SSSR count). The summed E-state index contributed by atoms with van der Waals surface area (Å²) >= 11 is 0. The Kier molecular flexibility index (Phi) is 7.88. The molecule has 0 aromatic heterocycles. The van der Waals surface area contributed by atoms with Crippen LogP contribution in [0.25, 0.3) is 0 Å². The summed E-state index contributed by atoms with van der Waals surface area (Å²) in [5, 5.41) is 6.96. The summed E-state index contributed by atoms with van der Waals surface area (Å²) in [6, 6.07) is 19.6. The molecule has 1 fully saturated rings. The Morgan fingerprint density at radius 1 is 1.07 bits per heavy atom. The summed E-state index contributed by atoms with van der Waals surface area (Å²) in [5.74, 6) is 0.849. The number of morpholine rings is 1. The summed E-state index contributed by atoms with van der Waals surface area (Å²) in [5.41, 5.74) is 3.96. The fraction of sp³-hybridized carbons (Fsp3) is 0.435. The van der Waals surface area contributed by atoms with Crippen molar-refractivity contribution in [3.63, 3.8) is 0 Å². The second-order valence-electron chi connectivity index (χ2n) is 7.19. The van der Waals surface area contributed by atoms with Crippen LogP contribution in [0.5, 0.6) is 0 Å². The molecule has 0 radical (unpaired) electrons. The number of guanidine groups is 1. The molecule has 28 heavy (non-hydrogen) atoms. The molecule has 1 aliphatic rings. The van der Waals surface area contributed by atoms with Crippen molar-refractivity contribution >= 4 is 5.96 Å². The summed E-state index contributed by atoms with van der Waals surface area (Å²) in [7, 11) is 1.83. The third-order valence-electron chi connectivity index (χ3n) is 5.15. The largest absolute Gasteiger partial charge is 0.379 e. The molecule has 0 saturated carbocycles. The molecule has 0 amide bonds. The van der Waals surface area contributed by atoms with Crippen molar-refractivity contribution in [2.75, 3.05) is 46.4 Å². The minimum atomic E-state index is 0.302. The Labute approximate surface area is 168 Å². The standard InChI is InChI=1S/C23H32N4O/c1-19-7-6-10-21(17-19)22(27-13-15-28-16-14-27)18-26-23(24-2)25-12-11-20-8-4-3-5-9-20/h3-10,17,22H,11-16,18H2,1-2H3,(H2,24,25,26). The van der Waals surface area contributed by atoms with Gasteiger partial charge in [-0.1, -0.05) is 60.2 Å². The van der Waals surface area contributed by atoms with E-state index in [4.69, 9.17) is 4.74 Å². The van der Waals surface area contributed by atoms with E-state index in [1.54, 1.807) is 0 Å². The molecule has 1 heterocycles. The normalized spacial score (nSPS) is 16.6. The topological polar surface area (TPSA) is 48.9 Å². The van der Waals surface area contributed by atoms with Crippen LogP contribution in [0.4, 0.5) is 0 Å². The van der Waals surface area contributed by atoms with Crippen LogP contribution in [0.2, 0.25) is 0 Å². The van der Waals surface area contributed by atoms with Gasteiger partial charge in [0.05, 0.1) is 19.3 Å². The first-order valence-corrected chi connectivity index (χ1v) is 10.1. The van der Waals surface area contributed by atoms with E-state index < -0.39 is 0 Å². The fourth-order valence-electron chi connectivity index (χ4n) is 3.61. The summed E-state index contributed by atoms with van der Waals surface area (Å²) < 4.78 is 5.55. The molecule has 1 unspecified atom stereocenters. The Morgan fingerprint density at radius 2 is 1.86 bits per heavy atom. The number of rotatable bonds is 7. The summed E-state index contributed by atoms with van der Waals surface area (Å²) in [6.07, 6.45) is 0.978. The first-order chi connectivity index (χ1) is 13.8. The number of hydrogen-bond acceptors (Lipinski definition) is 3. The SMILES string of the molecule is CN=C(NCCc1ccccc1)NCC(c1cccc(C)c1)N1CCOCC1. The molecule has 5 heteroatoms. The maximum Gasteiger partial charge on any atom is 0.191 e. The predicted octanol–water partition coefficient (Wildman–Crippen LogP) is 2.78. The Bertz CT molecular complexity index is 741. The summed E-state index contributed by atoms with van der Waals surface area (Å²) in [4.78, 5) is 6.90. The lowest BCUT2D eigenvalue weighted by Gasteiger charge is -2.35. The van der Waals surface area contributed by atoms with Crippen molar-refractivity contribution in [1.29, 1.82) is 0 Å². The average molecular weight is 381 g/mol. The highest BCUT2D eigenvalue weighted by molar-refractivity contribution is 5.79. The van der Waals surface area contributed by atoms with Crippen LogP contribution in [0.3, 0.4) is 0 Å². The van der Waals surface area contributed by atoms with Crippen molar-refractivity contribution in [3.8, 4) is 0 Å². The molecule has 0 spiro atoms. The van der Waals surface area contributed by atoms with E-state index in [0.717, 1.165) is 51.8 Å². The lowest BCUT2D eigenvalue weighted by Crippen LogP contribution is -2.46. The van der Waals surface area contributed by atoms with Crippen LogP contribution in [0.15, 0.2) is 59.6 Å². The van der Waals surface area contributed by atoms with Gasteiger partial charge in [0.2, 0.25) is 0 Å². The Balaban J connectivity index is 1.58. The number of ether oxygens (including phenoxy) is 1. The van der Waals surface area contributed by atoms with Gasteiger partial charge in [-0.15, -0.1) is 0 Å². The summed E-state index contributed by atoms with van der Waals surface area (Å²) in [6.45, 7) is 7.33. The zero-order valence-corrected chi connectivity index (χ0v) is 17.0. The number of nitrogens with one attached hydrogen (secondary N) is 2. The molecule has 150 valence electrons. The molecule has 2 aromatic carbocycles. The third-order valence-corrected chi connectivity index (χ3v) is 5.15. The predicted molar refractivity (Wildman–Crippen MR) is 116 cm³/mol. The second kappa shape index (κ2) is 10.8. The Hall–Kier alpha value is -2.37. The van der Waals surface area contributed by atoms with Crippen LogP contribution in [-0.2, 0) is 11.2 Å². The molecule has 1 aliphatic heterocycles. The van der Waals surface area contributed by atoms with Crippen molar-refractivity contribution in [3.05, 3.63) is 71.3 Å². The van der Waals surface area contributed by atoms with Gasteiger partial charge in [-0.2, -0.15) is 0 Å². The van der Waals surface area contributed by atoms with Gasteiger partial charge in [-0.25, -0.2) is 0 Å². The van der Waals surface area contributed by atoms with E-state index in [1.165, 1.54) is 16.7 Å². The lowest BCUT2D eigenvalue weighted by atomic mass is 10.0. The quantitative estimate of drug-likeness (QED) is 0.573. The van der Waals surface area contributed by atoms with E-state index in [9.17, 15) is 0 Å². The smallest absolute Gasteiger partial charge is 0.191 e. The minimum Gasteiger partial charge on any atom is -0.379 e. The number of aliphatic imine (C=N–C) groups is 1. The van der Waals surface area contributed by atoms with Crippen LogP contribution in [-0.4, -0.2) is 57.3 Å². The maximum absolute atomic E-state index is 5.55. The number of nitrogens with zero attached hydrogens (tertiary/aromatic N) is 2. The maximum atomic E-state index is 5.55. The number of hydrogen-bond donors (Lipinski definition) is 2. The Morgan fingerprint density at radius 3 is 2.57 bits per heavy atom. The van der Waals surface area contributed by atoms with Gasteiger partial charge in [0.1, 0.15) is 0 Å². The molecule has 2 N–H and O–H groups in total. The van der Waals surface area contributed by atoms with Crippen molar-refractivity contribution in [2.24, 2.45) is 4.99 Å². The van der Waals surface area contributed by atoms with Gasteiger partial charge >= 0.3 is 0 Å². The van der Waals surface area contributed by atoms with E-state index in [-0.39, 0.29) is 0 Å². The van der Waals surface area contributed by atoms with E-state index in [1.807, 2.05) is 7.05 Å². The first-order valence-electron chi connectivity index (χ1n) is 10.1. The molecule has 1 atom stereocenters. The van der Waals surface area contributed by atoms with Gasteiger partial charge < -0.3 is 15.4 Å². The van der Waals surface area contributed by atoms with Gasteiger partial charge in [-0.3, -0.25) is 9.89 Å². The first kappa shape index (κ1) is 20.4. The average Bonchev–Trinajstić information content (AvgIpc) is 2.74. The van der Waals surface area contributed by atoms with E-state index in [2.05, 4.69) is 82.0 Å². The highest BCUT2D eigenvalue weighted by Crippen LogP contribution is 2.22. The zero-order chi connectivity index (χ0) is 19.6. The third kappa shape index (κ3) is 6.08. The van der Waals surface area contributed by atoms with Gasteiger partial charge in [-0.05, 0) is 24.5 Å². The number of aryl methyl sites for hydroxylation is 1. The van der Waals surface area contributed by atoms with E-state index >= 15 is 0 Å². The number of benzene rings is 2. The fourth-order valence-corrected chi connectivity index (χ4v) is 3.61. The molecule has 1 saturated heterocycles. The molecule has 5 nitrogen and oxygen atoms in total. The van der Waals surface area contributed by atoms with Crippen LogP contribution < -0.4 is 10.6 Å². The highest BCUT2D eigenvalue weighted by atomic mass is 16.5. The molecule has 2 aromatic rings. The van der Waals surface area contributed by atoms with Gasteiger partial charge in [0.15, 0.2) is 5.96 Å². The zero-order valence-electron chi connectivity index (χ0n) is 17.0. The molecule has 0 bridgehead atoms. The van der Waals surface area contributed by atoms with Crippen molar-refractivity contribution < 1.29 is 4.74 Å². The van der Waals surface area contributed by atoms with Gasteiger partial charge in [0.25, 0.3) is 0 Å². The minimum absolute atomic E-state index is 0.302. The van der Waals surface area contributed by atoms with Gasteiger partial charge in [0, 0.05) is 33.2 Å². The lowest BCUT2D eigenvalue weighted by molar-refractivity contribution is 0.0170. The molecule has 0 aliphatic carbocycles. The van der Waals surface area contributed by atoms with Crippen LogP contribution in [0, 0.1) is 6.92 Å². The molecular formula is C23H32N4O. The van der Waals surface area contributed by atoms with Crippen molar-refractivity contribution in [2.45, 2.75) is 19.4 Å². The second-order valence-corrected chi connectivity index (χ2v) is 7.19. The molecular weight excluding hydrogens is 348 g/mol. The van der Waals surface area contributed by atoms with Crippen LogP contribution >= 0.6 is 0 Å². The van der Waals surface area contributed by atoms with Crippen LogP contribution in [0.1, 0.15) is 22.7 Å². The highest BCUT2D eigenvalue weighted by Gasteiger charge is 2.23. The van der Waals surface area contributed by atoms with Crippen molar-refractivity contribution in [1.82, 2.24) is 15.5 Å². The van der Waals surface area contributed by atoms with E-state index in [0.29, 0.717) is 6.04 Å². The monoisotopic (exact) mass is 380 g/mol.